The summed E-state index contributed by atoms with van der Waals surface area (Å²) >= 11 is 11.9. The fourth-order valence-corrected chi connectivity index (χ4v) is 3.87. The average molecular weight is 387 g/mol. The summed E-state index contributed by atoms with van der Waals surface area (Å²) in [6, 6.07) is 9.44. The molecule has 1 atom stereocenters. The predicted molar refractivity (Wildman–Crippen MR) is 100 cm³/mol. The second kappa shape index (κ2) is 6.33. The average Bonchev–Trinajstić information content (AvgIpc) is 2.95. The standard InChI is InChI=1S/C17H16BCl2F3N2/c18-14-8-13(1-2-15(14)24)25-4-3-16(9-25,17(21,22)23)10-5-11(19)7-12(20)6-10/h1-2,5-8H,3-4,9,18,24H2. The van der Waals surface area contributed by atoms with Crippen molar-refractivity contribution in [2.75, 3.05) is 23.7 Å². The summed E-state index contributed by atoms with van der Waals surface area (Å²) in [5.74, 6) is 0. The first-order valence-electron chi connectivity index (χ1n) is 7.77. The fraction of sp³-hybridized carbons (Fsp3) is 0.294. The van der Waals surface area contributed by atoms with Gasteiger partial charge in [-0.25, -0.2) is 0 Å². The van der Waals surface area contributed by atoms with Gasteiger partial charge >= 0.3 is 6.18 Å². The van der Waals surface area contributed by atoms with Crippen molar-refractivity contribution < 1.29 is 13.2 Å². The fourth-order valence-electron chi connectivity index (χ4n) is 3.35. The van der Waals surface area contributed by atoms with Crippen LogP contribution >= 0.6 is 23.2 Å². The quantitative estimate of drug-likeness (QED) is 0.631. The number of nitrogens with two attached hydrogens (primary N) is 1. The number of nitrogens with zero attached hydrogens (tertiary/aromatic N) is 1. The van der Waals surface area contributed by atoms with Gasteiger partial charge in [0.2, 0.25) is 0 Å². The highest BCUT2D eigenvalue weighted by molar-refractivity contribution is 6.36. The molecule has 132 valence electrons. The lowest BCUT2D eigenvalue weighted by Gasteiger charge is -2.33. The van der Waals surface area contributed by atoms with Gasteiger partial charge in [0.25, 0.3) is 0 Å². The van der Waals surface area contributed by atoms with Gasteiger partial charge in [-0.3, -0.25) is 0 Å². The van der Waals surface area contributed by atoms with Crippen LogP contribution in [0.1, 0.15) is 12.0 Å². The lowest BCUT2D eigenvalue weighted by atomic mass is 9.79. The number of benzene rings is 2. The molecule has 1 heterocycles. The molecule has 2 aromatic carbocycles. The van der Waals surface area contributed by atoms with E-state index >= 15 is 0 Å². The van der Waals surface area contributed by atoms with Gasteiger partial charge in [0.15, 0.2) is 0 Å². The number of rotatable bonds is 2. The van der Waals surface area contributed by atoms with Crippen molar-refractivity contribution in [3.63, 3.8) is 0 Å². The molecule has 2 aromatic rings. The number of hydrogen-bond donors (Lipinski definition) is 1. The second-order valence-electron chi connectivity index (χ2n) is 6.45. The van der Waals surface area contributed by atoms with Crippen molar-refractivity contribution in [2.45, 2.75) is 18.0 Å². The van der Waals surface area contributed by atoms with E-state index in [1.807, 2.05) is 13.9 Å². The number of alkyl halides is 3. The third kappa shape index (κ3) is 3.29. The van der Waals surface area contributed by atoms with Crippen LogP contribution in [0.2, 0.25) is 10.0 Å². The zero-order valence-corrected chi connectivity index (χ0v) is 15.0. The Morgan fingerprint density at radius 1 is 1.08 bits per heavy atom. The lowest BCUT2D eigenvalue weighted by molar-refractivity contribution is -0.184. The van der Waals surface area contributed by atoms with Gasteiger partial charge in [0, 0.05) is 34.5 Å². The summed E-state index contributed by atoms with van der Waals surface area (Å²) in [6.07, 6.45) is -4.48. The minimum absolute atomic E-state index is 0.0589. The summed E-state index contributed by atoms with van der Waals surface area (Å²) in [7, 11) is 1.84. The molecule has 8 heteroatoms. The normalized spacial score (nSPS) is 20.9. The molecule has 0 radical (unpaired) electrons. The Bertz CT molecular complexity index is 793. The number of halogens is 5. The topological polar surface area (TPSA) is 29.3 Å². The van der Waals surface area contributed by atoms with E-state index in [4.69, 9.17) is 28.9 Å². The van der Waals surface area contributed by atoms with E-state index in [1.54, 1.807) is 17.0 Å². The zero-order chi connectivity index (χ0) is 18.4. The third-order valence-electron chi connectivity index (χ3n) is 4.85. The van der Waals surface area contributed by atoms with E-state index in [9.17, 15) is 13.2 Å². The second-order valence-corrected chi connectivity index (χ2v) is 7.32. The molecule has 1 aliphatic rings. The molecule has 0 saturated carbocycles. The van der Waals surface area contributed by atoms with Gasteiger partial charge in [0.05, 0.1) is 0 Å². The molecule has 0 aliphatic carbocycles. The zero-order valence-electron chi connectivity index (χ0n) is 13.5. The molecule has 2 nitrogen and oxygen atoms in total. The van der Waals surface area contributed by atoms with Gasteiger partial charge in [-0.15, -0.1) is 0 Å². The first kappa shape index (κ1) is 18.3. The van der Waals surface area contributed by atoms with Crippen molar-refractivity contribution in [3.05, 3.63) is 52.0 Å². The van der Waals surface area contributed by atoms with Crippen molar-refractivity contribution in [2.24, 2.45) is 0 Å². The molecule has 0 spiro atoms. The van der Waals surface area contributed by atoms with Crippen LogP contribution in [-0.4, -0.2) is 27.1 Å². The van der Waals surface area contributed by atoms with Crippen LogP contribution < -0.4 is 16.1 Å². The summed E-state index contributed by atoms with van der Waals surface area (Å²) in [5.41, 5.74) is 6.09. The molecule has 25 heavy (non-hydrogen) atoms. The molecular weight excluding hydrogens is 371 g/mol. The Labute approximate surface area is 155 Å². The first-order valence-corrected chi connectivity index (χ1v) is 8.52. The molecule has 0 amide bonds. The highest BCUT2D eigenvalue weighted by atomic mass is 35.5. The molecular formula is C17H16BCl2F3N2. The van der Waals surface area contributed by atoms with Crippen LogP contribution in [-0.2, 0) is 5.41 Å². The molecule has 1 aliphatic heterocycles. The molecule has 1 fully saturated rings. The maximum Gasteiger partial charge on any atom is 0.400 e. The van der Waals surface area contributed by atoms with E-state index in [0.29, 0.717) is 5.69 Å². The van der Waals surface area contributed by atoms with Crippen LogP contribution in [0.25, 0.3) is 0 Å². The largest absolute Gasteiger partial charge is 0.400 e. The van der Waals surface area contributed by atoms with Crippen molar-refractivity contribution >= 4 is 47.9 Å². The van der Waals surface area contributed by atoms with Gasteiger partial charge in [-0.2, -0.15) is 13.2 Å². The van der Waals surface area contributed by atoms with Crippen molar-refractivity contribution in [1.29, 1.82) is 0 Å². The van der Waals surface area contributed by atoms with Crippen LogP contribution in [0, 0.1) is 0 Å². The Kier molecular flexibility index (Phi) is 4.62. The van der Waals surface area contributed by atoms with E-state index in [1.165, 1.54) is 18.2 Å². The SMILES string of the molecule is Bc1cc(N2CCC(c3cc(Cl)cc(Cl)c3)(C(F)(F)F)C2)ccc1N. The molecule has 0 bridgehead atoms. The number of anilines is 2. The Hall–Kier alpha value is -1.53. The molecule has 3 rings (SSSR count). The van der Waals surface area contributed by atoms with E-state index < -0.39 is 11.6 Å². The highest BCUT2D eigenvalue weighted by Crippen LogP contribution is 2.49. The first-order chi connectivity index (χ1) is 11.6. The number of hydrogen-bond acceptors (Lipinski definition) is 2. The van der Waals surface area contributed by atoms with E-state index in [2.05, 4.69) is 0 Å². The minimum Gasteiger partial charge on any atom is -0.399 e. The molecule has 1 saturated heterocycles. The van der Waals surface area contributed by atoms with Crippen LogP contribution in [0.3, 0.4) is 0 Å². The smallest absolute Gasteiger partial charge is 0.399 e. The van der Waals surface area contributed by atoms with E-state index in [0.717, 1.165) is 11.2 Å². The monoisotopic (exact) mass is 386 g/mol. The Morgan fingerprint density at radius 3 is 2.28 bits per heavy atom. The van der Waals surface area contributed by atoms with Gasteiger partial charge in [0.1, 0.15) is 13.3 Å². The summed E-state index contributed by atoms with van der Waals surface area (Å²) < 4.78 is 42.2. The molecule has 1 unspecified atom stereocenters. The Morgan fingerprint density at radius 2 is 1.72 bits per heavy atom. The van der Waals surface area contributed by atoms with Crippen molar-refractivity contribution in [3.8, 4) is 0 Å². The third-order valence-corrected chi connectivity index (χ3v) is 5.28. The van der Waals surface area contributed by atoms with Crippen LogP contribution in [0.4, 0.5) is 24.5 Å². The molecule has 0 aromatic heterocycles. The Balaban J connectivity index is 2.03. The highest BCUT2D eigenvalue weighted by Gasteiger charge is 2.59. The summed E-state index contributed by atoms with van der Waals surface area (Å²) in [5, 5.41) is 0.404. The predicted octanol–water partition coefficient (Wildman–Crippen LogP) is 3.54. The van der Waals surface area contributed by atoms with E-state index in [-0.39, 0.29) is 35.1 Å². The molecule has 2 N–H and O–H groups in total. The summed E-state index contributed by atoms with van der Waals surface area (Å²) in [6.45, 7) is 0.101. The van der Waals surface area contributed by atoms with Crippen LogP contribution in [0.15, 0.2) is 36.4 Å². The number of nitrogen functional groups attached to an aromatic ring is 1. The van der Waals surface area contributed by atoms with Gasteiger partial charge < -0.3 is 10.6 Å². The minimum atomic E-state index is -4.42. The lowest BCUT2D eigenvalue weighted by Crippen LogP contribution is -2.45. The maximum atomic E-state index is 14.1. The van der Waals surface area contributed by atoms with Crippen molar-refractivity contribution in [1.82, 2.24) is 0 Å². The van der Waals surface area contributed by atoms with Crippen LogP contribution in [0.5, 0.6) is 0 Å². The van der Waals surface area contributed by atoms with Gasteiger partial charge in [-0.1, -0.05) is 28.7 Å². The van der Waals surface area contributed by atoms with Gasteiger partial charge in [-0.05, 0) is 48.4 Å². The maximum absolute atomic E-state index is 14.1. The summed E-state index contributed by atoms with van der Waals surface area (Å²) in [4.78, 5) is 1.73.